The maximum absolute atomic E-state index is 12.3. The van der Waals surface area contributed by atoms with Gasteiger partial charge in [0.25, 0.3) is 5.91 Å². The summed E-state index contributed by atoms with van der Waals surface area (Å²) in [7, 11) is 1.62. The van der Waals surface area contributed by atoms with E-state index in [1.165, 1.54) is 0 Å². The first-order chi connectivity index (χ1) is 12.9. The number of carbonyl (C=O) groups is 1. The van der Waals surface area contributed by atoms with Crippen LogP contribution < -0.4 is 10.1 Å². The molecule has 6 heteroatoms. The molecule has 0 aliphatic heterocycles. The van der Waals surface area contributed by atoms with Crippen molar-refractivity contribution in [3.05, 3.63) is 29.3 Å². The number of rotatable bonds is 13. The fraction of sp³-hybridized carbons (Fsp3) is 0.667. The van der Waals surface area contributed by atoms with Crippen LogP contribution in [0.5, 0.6) is 5.75 Å². The molecule has 0 aromatic heterocycles. The number of carbonyl (C=O) groups excluding carboxylic acids is 1. The van der Waals surface area contributed by atoms with Gasteiger partial charge in [-0.15, -0.1) is 0 Å². The van der Waals surface area contributed by atoms with Gasteiger partial charge in [-0.2, -0.15) is 0 Å². The molecule has 0 heterocycles. The number of nitrogens with one attached hydrogen (secondary N) is 1. The molecule has 0 atom stereocenters. The van der Waals surface area contributed by atoms with Crippen LogP contribution in [0.1, 0.15) is 50.0 Å². The molecule has 0 aliphatic carbocycles. The van der Waals surface area contributed by atoms with Crippen molar-refractivity contribution in [1.82, 2.24) is 5.32 Å². The molecule has 0 bridgehead atoms. The van der Waals surface area contributed by atoms with Crippen LogP contribution in [-0.2, 0) is 19.6 Å². The van der Waals surface area contributed by atoms with Gasteiger partial charge in [0.1, 0.15) is 5.75 Å². The highest BCUT2D eigenvalue weighted by Gasteiger charge is 2.20. The standard InChI is InChI=1S/C21H35NO5/c1-6-10-25-12-14-27-15-13-26-11-9-22-20(23)17-7-8-18(21(2,3)4)19(16-17)24-5/h7-8,16H,6,9-15H2,1-5H3,(H,22,23). The Hall–Kier alpha value is -1.63. The number of ether oxygens (including phenoxy) is 4. The van der Waals surface area contributed by atoms with E-state index in [2.05, 4.69) is 33.0 Å². The molecule has 6 nitrogen and oxygen atoms in total. The topological polar surface area (TPSA) is 66.0 Å². The summed E-state index contributed by atoms with van der Waals surface area (Å²) in [6, 6.07) is 5.56. The van der Waals surface area contributed by atoms with Crippen molar-refractivity contribution in [1.29, 1.82) is 0 Å². The third-order valence-electron chi connectivity index (χ3n) is 3.90. The lowest BCUT2D eigenvalue weighted by Crippen LogP contribution is -2.28. The van der Waals surface area contributed by atoms with Gasteiger partial charge >= 0.3 is 0 Å². The third kappa shape index (κ3) is 9.22. The Kier molecular flexibility index (Phi) is 11.0. The van der Waals surface area contributed by atoms with E-state index in [9.17, 15) is 4.79 Å². The number of hydrogen-bond donors (Lipinski definition) is 1. The Balaban J connectivity index is 2.24. The summed E-state index contributed by atoms with van der Waals surface area (Å²) in [5.41, 5.74) is 1.61. The van der Waals surface area contributed by atoms with E-state index < -0.39 is 0 Å². The van der Waals surface area contributed by atoms with Crippen molar-refractivity contribution in [2.24, 2.45) is 0 Å². The average molecular weight is 382 g/mol. The molecule has 0 spiro atoms. The molecular weight excluding hydrogens is 346 g/mol. The van der Waals surface area contributed by atoms with E-state index in [1.807, 2.05) is 12.1 Å². The number of benzene rings is 1. The van der Waals surface area contributed by atoms with Crippen molar-refractivity contribution < 1.29 is 23.7 Å². The minimum absolute atomic E-state index is 0.0433. The van der Waals surface area contributed by atoms with Crippen LogP contribution in [0.15, 0.2) is 18.2 Å². The molecule has 1 amide bonds. The van der Waals surface area contributed by atoms with Crippen LogP contribution in [0.25, 0.3) is 0 Å². The molecule has 1 rings (SSSR count). The lowest BCUT2D eigenvalue weighted by Gasteiger charge is -2.22. The lowest BCUT2D eigenvalue weighted by atomic mass is 9.85. The number of amides is 1. The summed E-state index contributed by atoms with van der Waals surface area (Å²) in [6.07, 6.45) is 1.02. The maximum atomic E-state index is 12.3. The highest BCUT2D eigenvalue weighted by molar-refractivity contribution is 5.94. The van der Waals surface area contributed by atoms with E-state index in [4.69, 9.17) is 18.9 Å². The van der Waals surface area contributed by atoms with Gasteiger partial charge < -0.3 is 24.3 Å². The van der Waals surface area contributed by atoms with Crippen LogP contribution in [0, 0.1) is 0 Å². The van der Waals surface area contributed by atoms with Gasteiger partial charge in [-0.3, -0.25) is 4.79 Å². The summed E-state index contributed by atoms with van der Waals surface area (Å²) in [5, 5.41) is 2.85. The van der Waals surface area contributed by atoms with Gasteiger partial charge in [-0.05, 0) is 29.5 Å². The van der Waals surface area contributed by atoms with Crippen molar-refractivity contribution in [2.45, 2.75) is 39.5 Å². The van der Waals surface area contributed by atoms with Crippen molar-refractivity contribution in [2.75, 3.05) is 53.3 Å². The Morgan fingerprint density at radius 1 is 0.963 bits per heavy atom. The maximum Gasteiger partial charge on any atom is 0.251 e. The predicted octanol–water partition coefficient (Wildman–Crippen LogP) is 3.18. The third-order valence-corrected chi connectivity index (χ3v) is 3.90. The molecule has 27 heavy (non-hydrogen) atoms. The second-order valence-corrected chi connectivity index (χ2v) is 7.26. The van der Waals surface area contributed by atoms with Gasteiger partial charge in [-0.25, -0.2) is 0 Å². The Labute approximate surface area is 163 Å². The summed E-state index contributed by atoms with van der Waals surface area (Å²) in [4.78, 5) is 12.3. The van der Waals surface area contributed by atoms with E-state index >= 15 is 0 Å². The molecule has 1 aromatic carbocycles. The van der Waals surface area contributed by atoms with Crippen molar-refractivity contribution in [3.8, 4) is 5.75 Å². The summed E-state index contributed by atoms with van der Waals surface area (Å²) >= 11 is 0. The zero-order valence-electron chi connectivity index (χ0n) is 17.4. The molecule has 0 fully saturated rings. The zero-order chi connectivity index (χ0) is 20.1. The molecule has 0 radical (unpaired) electrons. The fourth-order valence-electron chi connectivity index (χ4n) is 2.48. The molecule has 154 valence electrons. The SMILES string of the molecule is CCCOCCOCCOCCNC(=O)c1ccc(C(C)(C)C)c(OC)c1. The van der Waals surface area contributed by atoms with E-state index in [-0.39, 0.29) is 11.3 Å². The largest absolute Gasteiger partial charge is 0.496 e. The second-order valence-electron chi connectivity index (χ2n) is 7.26. The van der Waals surface area contributed by atoms with Crippen molar-refractivity contribution >= 4 is 5.91 Å². The molecule has 0 unspecified atom stereocenters. The summed E-state index contributed by atoms with van der Waals surface area (Å²) < 4.78 is 21.6. The Morgan fingerprint density at radius 3 is 2.11 bits per heavy atom. The lowest BCUT2D eigenvalue weighted by molar-refractivity contribution is 0.0152. The minimum Gasteiger partial charge on any atom is -0.496 e. The molecule has 0 aliphatic rings. The first-order valence-corrected chi connectivity index (χ1v) is 9.60. The monoisotopic (exact) mass is 381 g/mol. The first kappa shape index (κ1) is 23.4. The Morgan fingerprint density at radius 2 is 1.56 bits per heavy atom. The van der Waals surface area contributed by atoms with Crippen LogP contribution in [0.2, 0.25) is 0 Å². The second kappa shape index (κ2) is 12.7. The highest BCUT2D eigenvalue weighted by atomic mass is 16.5. The van der Waals surface area contributed by atoms with Crippen LogP contribution >= 0.6 is 0 Å². The number of methoxy groups -OCH3 is 1. The summed E-state index contributed by atoms with van der Waals surface area (Å²) in [6.45, 7) is 12.3. The molecule has 0 saturated carbocycles. The van der Waals surface area contributed by atoms with E-state index in [0.29, 0.717) is 45.1 Å². The zero-order valence-corrected chi connectivity index (χ0v) is 17.4. The average Bonchev–Trinajstić information content (AvgIpc) is 2.64. The van der Waals surface area contributed by atoms with Crippen molar-refractivity contribution in [3.63, 3.8) is 0 Å². The minimum atomic E-state index is -0.137. The normalized spacial score (nSPS) is 11.4. The van der Waals surface area contributed by atoms with Gasteiger partial charge in [0.2, 0.25) is 0 Å². The van der Waals surface area contributed by atoms with E-state index in [1.54, 1.807) is 13.2 Å². The molecular formula is C21H35NO5. The summed E-state index contributed by atoms with van der Waals surface area (Å²) in [5.74, 6) is 0.591. The molecule has 1 aromatic rings. The molecule has 0 saturated heterocycles. The Bertz CT molecular complexity index is 554. The van der Waals surface area contributed by atoms with Crippen LogP contribution in [0.3, 0.4) is 0 Å². The smallest absolute Gasteiger partial charge is 0.251 e. The van der Waals surface area contributed by atoms with Crippen LogP contribution in [-0.4, -0.2) is 59.2 Å². The highest BCUT2D eigenvalue weighted by Crippen LogP contribution is 2.31. The van der Waals surface area contributed by atoms with Gasteiger partial charge in [-0.1, -0.05) is 33.8 Å². The predicted molar refractivity (Wildman–Crippen MR) is 107 cm³/mol. The van der Waals surface area contributed by atoms with Gasteiger partial charge in [0.05, 0.1) is 40.1 Å². The van der Waals surface area contributed by atoms with E-state index in [0.717, 1.165) is 24.3 Å². The molecule has 1 N–H and O–H groups in total. The number of hydrogen-bond acceptors (Lipinski definition) is 5. The van der Waals surface area contributed by atoms with Gasteiger partial charge in [0.15, 0.2) is 0 Å². The fourth-order valence-corrected chi connectivity index (χ4v) is 2.48. The quantitative estimate of drug-likeness (QED) is 0.532. The van der Waals surface area contributed by atoms with Gasteiger partial charge in [0, 0.05) is 18.7 Å². The first-order valence-electron chi connectivity index (χ1n) is 9.60. The van der Waals surface area contributed by atoms with Crippen LogP contribution in [0.4, 0.5) is 0 Å².